The third-order valence-electron chi connectivity index (χ3n) is 2.85. The standard InChI is InChI=1S/C15H12FNO2/c1-10-12(9-18)14(8-7-13(10)16)17-15(19)11-5-3-2-4-6-11/h2-9H,1H3,(H,17,19). The van der Waals surface area contributed by atoms with E-state index >= 15 is 0 Å². The highest BCUT2D eigenvalue weighted by Crippen LogP contribution is 2.21. The van der Waals surface area contributed by atoms with Gasteiger partial charge >= 0.3 is 0 Å². The normalized spacial score (nSPS) is 10.0. The molecular formula is C15H12FNO2. The summed E-state index contributed by atoms with van der Waals surface area (Å²) >= 11 is 0. The smallest absolute Gasteiger partial charge is 0.255 e. The van der Waals surface area contributed by atoms with Gasteiger partial charge in [0.25, 0.3) is 5.91 Å². The van der Waals surface area contributed by atoms with Crippen LogP contribution in [0.1, 0.15) is 26.3 Å². The molecule has 2 rings (SSSR count). The summed E-state index contributed by atoms with van der Waals surface area (Å²) in [5, 5.41) is 2.61. The molecule has 0 heterocycles. The molecule has 0 aliphatic heterocycles. The van der Waals surface area contributed by atoms with Gasteiger partial charge < -0.3 is 5.32 Å². The molecule has 1 N–H and O–H groups in total. The average molecular weight is 257 g/mol. The summed E-state index contributed by atoms with van der Waals surface area (Å²) < 4.78 is 13.3. The number of carbonyl (C=O) groups excluding carboxylic acids is 2. The molecular weight excluding hydrogens is 245 g/mol. The molecule has 0 radical (unpaired) electrons. The van der Waals surface area contributed by atoms with Crippen LogP contribution in [-0.2, 0) is 0 Å². The maximum atomic E-state index is 13.3. The number of benzene rings is 2. The molecule has 4 heteroatoms. The third-order valence-corrected chi connectivity index (χ3v) is 2.85. The van der Waals surface area contributed by atoms with Gasteiger partial charge in [0, 0.05) is 11.1 Å². The number of aldehydes is 1. The van der Waals surface area contributed by atoms with Crippen molar-refractivity contribution in [2.24, 2.45) is 0 Å². The summed E-state index contributed by atoms with van der Waals surface area (Å²) in [6.07, 6.45) is 0.541. The Hall–Kier alpha value is -2.49. The summed E-state index contributed by atoms with van der Waals surface area (Å²) in [7, 11) is 0. The molecule has 0 saturated carbocycles. The second-order valence-corrected chi connectivity index (χ2v) is 4.07. The van der Waals surface area contributed by atoms with Gasteiger partial charge in [0.2, 0.25) is 0 Å². The lowest BCUT2D eigenvalue weighted by Crippen LogP contribution is -2.13. The first-order valence-electron chi connectivity index (χ1n) is 5.74. The predicted octanol–water partition coefficient (Wildman–Crippen LogP) is 3.20. The van der Waals surface area contributed by atoms with Crippen molar-refractivity contribution in [3.05, 3.63) is 65.0 Å². The number of carbonyl (C=O) groups is 2. The van der Waals surface area contributed by atoms with Gasteiger partial charge in [-0.15, -0.1) is 0 Å². The summed E-state index contributed by atoms with van der Waals surface area (Å²) in [5.41, 5.74) is 1.16. The fourth-order valence-electron chi connectivity index (χ4n) is 1.75. The molecule has 0 aliphatic rings. The molecule has 0 bridgehead atoms. The molecule has 19 heavy (non-hydrogen) atoms. The fourth-order valence-corrected chi connectivity index (χ4v) is 1.75. The highest BCUT2D eigenvalue weighted by molar-refractivity contribution is 6.06. The van der Waals surface area contributed by atoms with Crippen molar-refractivity contribution in [3.63, 3.8) is 0 Å². The number of anilines is 1. The van der Waals surface area contributed by atoms with Crippen LogP contribution in [0.25, 0.3) is 0 Å². The van der Waals surface area contributed by atoms with Crippen molar-refractivity contribution in [1.29, 1.82) is 0 Å². The Bertz CT molecular complexity index is 624. The minimum Gasteiger partial charge on any atom is -0.321 e. The Morgan fingerprint density at radius 1 is 1.16 bits per heavy atom. The van der Waals surface area contributed by atoms with Crippen LogP contribution in [0.2, 0.25) is 0 Å². The summed E-state index contributed by atoms with van der Waals surface area (Å²) in [5.74, 6) is -0.811. The highest BCUT2D eigenvalue weighted by Gasteiger charge is 2.12. The molecule has 0 aromatic heterocycles. The van der Waals surface area contributed by atoms with E-state index in [0.29, 0.717) is 17.5 Å². The summed E-state index contributed by atoms with van der Waals surface area (Å²) in [6.45, 7) is 1.50. The van der Waals surface area contributed by atoms with Crippen LogP contribution in [-0.4, -0.2) is 12.2 Å². The van der Waals surface area contributed by atoms with Gasteiger partial charge in [-0.2, -0.15) is 0 Å². The monoisotopic (exact) mass is 257 g/mol. The van der Waals surface area contributed by atoms with E-state index in [-0.39, 0.29) is 17.0 Å². The number of nitrogens with one attached hydrogen (secondary N) is 1. The van der Waals surface area contributed by atoms with Gasteiger partial charge in [-0.25, -0.2) is 4.39 Å². The fraction of sp³-hybridized carbons (Fsp3) is 0.0667. The van der Waals surface area contributed by atoms with Crippen LogP contribution < -0.4 is 5.32 Å². The largest absolute Gasteiger partial charge is 0.321 e. The van der Waals surface area contributed by atoms with Gasteiger partial charge in [0.05, 0.1) is 5.69 Å². The highest BCUT2D eigenvalue weighted by atomic mass is 19.1. The van der Waals surface area contributed by atoms with E-state index in [4.69, 9.17) is 0 Å². The van der Waals surface area contributed by atoms with E-state index < -0.39 is 5.82 Å². The first kappa shape index (κ1) is 13.0. The minimum absolute atomic E-state index is 0.157. The van der Waals surface area contributed by atoms with Crippen LogP contribution >= 0.6 is 0 Å². The van der Waals surface area contributed by atoms with E-state index in [9.17, 15) is 14.0 Å². The van der Waals surface area contributed by atoms with E-state index in [1.54, 1.807) is 30.3 Å². The number of rotatable bonds is 3. The molecule has 1 amide bonds. The van der Waals surface area contributed by atoms with Crippen LogP contribution in [0.15, 0.2) is 42.5 Å². The lowest BCUT2D eigenvalue weighted by molar-refractivity contribution is 0.102. The van der Waals surface area contributed by atoms with Crippen molar-refractivity contribution in [2.45, 2.75) is 6.92 Å². The van der Waals surface area contributed by atoms with Crippen molar-refractivity contribution in [2.75, 3.05) is 5.32 Å². The van der Waals surface area contributed by atoms with Crippen LogP contribution in [0.3, 0.4) is 0 Å². The van der Waals surface area contributed by atoms with Gasteiger partial charge in [-0.3, -0.25) is 9.59 Å². The first-order chi connectivity index (χ1) is 9.13. The number of halogens is 1. The maximum absolute atomic E-state index is 13.3. The van der Waals surface area contributed by atoms with Gasteiger partial charge in [0.15, 0.2) is 6.29 Å². The van der Waals surface area contributed by atoms with Gasteiger partial charge in [-0.05, 0) is 36.8 Å². The molecule has 0 spiro atoms. The lowest BCUT2D eigenvalue weighted by Gasteiger charge is -2.10. The quantitative estimate of drug-likeness (QED) is 0.858. The topological polar surface area (TPSA) is 46.2 Å². The Morgan fingerprint density at radius 3 is 2.47 bits per heavy atom. The van der Waals surface area contributed by atoms with Crippen LogP contribution in [0.5, 0.6) is 0 Å². The molecule has 3 nitrogen and oxygen atoms in total. The maximum Gasteiger partial charge on any atom is 0.255 e. The van der Waals surface area contributed by atoms with E-state index in [1.807, 2.05) is 0 Å². The molecule has 0 atom stereocenters. The van der Waals surface area contributed by atoms with E-state index in [2.05, 4.69) is 5.32 Å². The SMILES string of the molecule is Cc1c(F)ccc(NC(=O)c2ccccc2)c1C=O. The van der Waals surface area contributed by atoms with Crippen molar-refractivity contribution in [1.82, 2.24) is 0 Å². The molecule has 2 aromatic carbocycles. The zero-order valence-corrected chi connectivity index (χ0v) is 10.3. The Balaban J connectivity index is 2.32. The van der Waals surface area contributed by atoms with Crippen molar-refractivity contribution in [3.8, 4) is 0 Å². The molecule has 0 aliphatic carbocycles. The summed E-state index contributed by atoms with van der Waals surface area (Å²) in [4.78, 5) is 23.0. The Kier molecular flexibility index (Phi) is 3.71. The van der Waals surface area contributed by atoms with Crippen molar-refractivity contribution < 1.29 is 14.0 Å². The van der Waals surface area contributed by atoms with Crippen LogP contribution in [0.4, 0.5) is 10.1 Å². The van der Waals surface area contributed by atoms with E-state index in [0.717, 1.165) is 0 Å². The molecule has 0 saturated heterocycles. The first-order valence-corrected chi connectivity index (χ1v) is 5.74. The molecule has 96 valence electrons. The number of amides is 1. The van der Waals surface area contributed by atoms with Gasteiger partial charge in [-0.1, -0.05) is 18.2 Å². The molecule has 0 unspecified atom stereocenters. The van der Waals surface area contributed by atoms with Crippen LogP contribution in [0, 0.1) is 12.7 Å². The summed E-state index contributed by atoms with van der Waals surface area (Å²) in [6, 6.07) is 11.2. The molecule has 0 fully saturated rings. The second kappa shape index (κ2) is 5.44. The zero-order chi connectivity index (χ0) is 13.8. The predicted molar refractivity (Wildman–Crippen MR) is 70.9 cm³/mol. The molecule has 2 aromatic rings. The third kappa shape index (κ3) is 2.68. The lowest BCUT2D eigenvalue weighted by atomic mass is 10.1. The minimum atomic E-state index is -0.472. The second-order valence-electron chi connectivity index (χ2n) is 4.07. The van der Waals surface area contributed by atoms with Crippen molar-refractivity contribution >= 4 is 17.9 Å². The number of hydrogen-bond donors (Lipinski definition) is 1. The zero-order valence-electron chi connectivity index (χ0n) is 10.3. The Labute approximate surface area is 110 Å². The van der Waals surface area contributed by atoms with E-state index in [1.165, 1.54) is 19.1 Å². The number of hydrogen-bond acceptors (Lipinski definition) is 2. The average Bonchev–Trinajstić information content (AvgIpc) is 2.44. The van der Waals surface area contributed by atoms with Gasteiger partial charge in [0.1, 0.15) is 5.82 Å². The Morgan fingerprint density at radius 2 is 1.84 bits per heavy atom.